The molecule has 1 aromatic heterocycles. The van der Waals surface area contributed by atoms with Crippen molar-refractivity contribution in [3.8, 4) is 0 Å². The van der Waals surface area contributed by atoms with Gasteiger partial charge in [0.15, 0.2) is 0 Å². The van der Waals surface area contributed by atoms with E-state index in [1.54, 1.807) is 4.90 Å². The van der Waals surface area contributed by atoms with E-state index in [1.807, 2.05) is 13.8 Å². The molecule has 132 valence electrons. The second kappa shape index (κ2) is 7.46. The van der Waals surface area contributed by atoms with E-state index in [0.29, 0.717) is 11.6 Å². The molecule has 3 rings (SSSR count). The van der Waals surface area contributed by atoms with Gasteiger partial charge < -0.3 is 10.2 Å². The summed E-state index contributed by atoms with van der Waals surface area (Å²) in [5.41, 5.74) is 0. The van der Waals surface area contributed by atoms with Crippen molar-refractivity contribution in [2.45, 2.75) is 52.0 Å². The summed E-state index contributed by atoms with van der Waals surface area (Å²) < 4.78 is 0. The van der Waals surface area contributed by atoms with Crippen LogP contribution in [0.25, 0.3) is 0 Å². The Hall–Kier alpha value is -1.70. The fourth-order valence-corrected chi connectivity index (χ4v) is 4.13. The molecular weight excluding hydrogens is 326 g/mol. The molecule has 2 amide bonds. The summed E-state index contributed by atoms with van der Waals surface area (Å²) in [6.45, 7) is 6.32. The number of nitrogens with one attached hydrogen (secondary N) is 1. The molecule has 0 radical (unpaired) electrons. The number of rotatable bonds is 4. The van der Waals surface area contributed by atoms with Gasteiger partial charge in [-0.25, -0.2) is 0 Å². The van der Waals surface area contributed by atoms with Crippen LogP contribution in [0.1, 0.15) is 46.0 Å². The monoisotopic (exact) mass is 351 g/mol. The van der Waals surface area contributed by atoms with Crippen LogP contribution in [0, 0.1) is 5.92 Å². The zero-order valence-corrected chi connectivity index (χ0v) is 15.1. The quantitative estimate of drug-likeness (QED) is 0.895. The van der Waals surface area contributed by atoms with Gasteiger partial charge >= 0.3 is 0 Å². The third-order valence-corrected chi connectivity index (χ3v) is 5.53. The van der Waals surface area contributed by atoms with Gasteiger partial charge in [-0.2, -0.15) is 0 Å². The van der Waals surface area contributed by atoms with Gasteiger partial charge in [0.1, 0.15) is 0 Å². The maximum absolute atomic E-state index is 12.1. The molecule has 0 bridgehead atoms. The number of nitrogens with zero attached hydrogens (tertiary/aromatic N) is 4. The molecule has 1 N–H and O–H groups in total. The first kappa shape index (κ1) is 17.1. The van der Waals surface area contributed by atoms with Crippen LogP contribution in [-0.2, 0) is 9.59 Å². The topological polar surface area (TPSA) is 78.4 Å². The summed E-state index contributed by atoms with van der Waals surface area (Å²) in [6.07, 6.45) is 4.25. The zero-order valence-electron chi connectivity index (χ0n) is 14.3. The first-order chi connectivity index (χ1) is 11.5. The predicted molar refractivity (Wildman–Crippen MR) is 94.3 cm³/mol. The lowest BCUT2D eigenvalue weighted by Crippen LogP contribution is -2.42. The molecule has 8 heteroatoms. The largest absolute Gasteiger partial charge is 0.354 e. The zero-order chi connectivity index (χ0) is 17.1. The minimum atomic E-state index is 0.0831. The second-order valence-electron chi connectivity index (χ2n) is 6.79. The molecule has 0 aromatic carbocycles. The number of anilines is 2. The Kier molecular flexibility index (Phi) is 5.33. The molecule has 2 aliphatic rings. The summed E-state index contributed by atoms with van der Waals surface area (Å²) in [5.74, 6) is 0.384. The third kappa shape index (κ3) is 3.85. The van der Waals surface area contributed by atoms with E-state index >= 15 is 0 Å². The molecule has 0 aliphatic carbocycles. The van der Waals surface area contributed by atoms with E-state index in [2.05, 4.69) is 20.4 Å². The van der Waals surface area contributed by atoms with Crippen LogP contribution < -0.4 is 15.1 Å². The number of carbonyl (C=O) groups is 2. The number of amides is 2. The summed E-state index contributed by atoms with van der Waals surface area (Å²) in [4.78, 5) is 28.0. The highest BCUT2D eigenvalue weighted by molar-refractivity contribution is 7.19. The Morgan fingerprint density at radius 3 is 2.54 bits per heavy atom. The molecule has 0 spiro atoms. The Bertz CT molecular complexity index is 595. The van der Waals surface area contributed by atoms with Gasteiger partial charge in [-0.05, 0) is 39.5 Å². The van der Waals surface area contributed by atoms with E-state index in [1.165, 1.54) is 11.3 Å². The van der Waals surface area contributed by atoms with Gasteiger partial charge in [-0.3, -0.25) is 14.5 Å². The normalized spacial score (nSPS) is 19.9. The average molecular weight is 351 g/mol. The minimum Gasteiger partial charge on any atom is -0.354 e. The SMILES string of the molecule is CC(C)NC(=O)C1CCN(c2nnc(N3CCCCC3=O)s2)CC1. The second-order valence-corrected chi connectivity index (χ2v) is 7.73. The molecule has 0 unspecified atom stereocenters. The van der Waals surface area contributed by atoms with Crippen LogP contribution in [-0.4, -0.2) is 47.7 Å². The highest BCUT2D eigenvalue weighted by Crippen LogP contribution is 2.31. The number of hydrogen-bond donors (Lipinski definition) is 1. The van der Waals surface area contributed by atoms with Crippen molar-refractivity contribution in [1.82, 2.24) is 15.5 Å². The summed E-state index contributed by atoms with van der Waals surface area (Å²) in [6, 6.07) is 0.184. The molecule has 0 saturated carbocycles. The number of aromatic nitrogens is 2. The van der Waals surface area contributed by atoms with Gasteiger partial charge in [0.05, 0.1) is 0 Å². The van der Waals surface area contributed by atoms with E-state index in [4.69, 9.17) is 0 Å². The smallest absolute Gasteiger partial charge is 0.228 e. The van der Waals surface area contributed by atoms with Crippen LogP contribution in [0.4, 0.5) is 10.3 Å². The number of piperidine rings is 2. The first-order valence-corrected chi connectivity index (χ1v) is 9.55. The molecule has 7 nitrogen and oxygen atoms in total. The summed E-state index contributed by atoms with van der Waals surface area (Å²) >= 11 is 1.48. The van der Waals surface area contributed by atoms with Crippen LogP contribution in [0.15, 0.2) is 0 Å². The molecule has 3 heterocycles. The molecule has 0 atom stereocenters. The van der Waals surface area contributed by atoms with Crippen LogP contribution >= 0.6 is 11.3 Å². The number of hydrogen-bond acceptors (Lipinski definition) is 6. The maximum atomic E-state index is 12.1. The van der Waals surface area contributed by atoms with Gasteiger partial charge in [0.25, 0.3) is 0 Å². The van der Waals surface area contributed by atoms with Crippen molar-refractivity contribution in [3.63, 3.8) is 0 Å². The molecule has 1 aromatic rings. The molecule has 2 fully saturated rings. The maximum Gasteiger partial charge on any atom is 0.228 e. The predicted octanol–water partition coefficient (Wildman–Crippen LogP) is 1.80. The lowest BCUT2D eigenvalue weighted by atomic mass is 9.96. The van der Waals surface area contributed by atoms with Gasteiger partial charge in [0.2, 0.25) is 22.1 Å². The Morgan fingerprint density at radius 2 is 1.88 bits per heavy atom. The van der Waals surface area contributed by atoms with E-state index in [0.717, 1.165) is 50.4 Å². The van der Waals surface area contributed by atoms with Gasteiger partial charge in [-0.1, -0.05) is 11.3 Å². The van der Waals surface area contributed by atoms with Crippen LogP contribution in [0.2, 0.25) is 0 Å². The molecule has 2 aliphatic heterocycles. The third-order valence-electron chi connectivity index (χ3n) is 4.53. The van der Waals surface area contributed by atoms with E-state index in [9.17, 15) is 9.59 Å². The van der Waals surface area contributed by atoms with Crippen molar-refractivity contribution >= 4 is 33.4 Å². The Balaban J connectivity index is 1.57. The van der Waals surface area contributed by atoms with Crippen molar-refractivity contribution in [1.29, 1.82) is 0 Å². The van der Waals surface area contributed by atoms with Crippen molar-refractivity contribution in [2.75, 3.05) is 29.4 Å². The fraction of sp³-hybridized carbons (Fsp3) is 0.750. The highest BCUT2D eigenvalue weighted by atomic mass is 32.1. The highest BCUT2D eigenvalue weighted by Gasteiger charge is 2.28. The van der Waals surface area contributed by atoms with E-state index < -0.39 is 0 Å². The van der Waals surface area contributed by atoms with Gasteiger partial charge in [-0.15, -0.1) is 10.2 Å². The lowest BCUT2D eigenvalue weighted by molar-refractivity contribution is -0.126. The van der Waals surface area contributed by atoms with Crippen LogP contribution in [0.3, 0.4) is 0 Å². The Labute approximate surface area is 146 Å². The van der Waals surface area contributed by atoms with Crippen molar-refractivity contribution in [2.24, 2.45) is 5.92 Å². The first-order valence-electron chi connectivity index (χ1n) is 8.74. The summed E-state index contributed by atoms with van der Waals surface area (Å²) in [5, 5.41) is 13.0. The standard InChI is InChI=1S/C16H25N5O2S/c1-11(2)17-14(23)12-6-9-20(10-7-12)15-18-19-16(24-15)21-8-4-3-5-13(21)22/h11-12H,3-10H2,1-2H3,(H,17,23). The minimum absolute atomic E-state index is 0.0831. The van der Waals surface area contributed by atoms with E-state index in [-0.39, 0.29) is 23.8 Å². The van der Waals surface area contributed by atoms with Crippen molar-refractivity contribution in [3.05, 3.63) is 0 Å². The average Bonchev–Trinajstić information content (AvgIpc) is 3.04. The number of carbonyl (C=O) groups excluding carboxylic acids is 2. The fourth-order valence-electron chi connectivity index (χ4n) is 3.19. The molecular formula is C16H25N5O2S. The molecule has 24 heavy (non-hydrogen) atoms. The Morgan fingerprint density at radius 1 is 1.17 bits per heavy atom. The van der Waals surface area contributed by atoms with Crippen molar-refractivity contribution < 1.29 is 9.59 Å². The van der Waals surface area contributed by atoms with Gasteiger partial charge in [0, 0.05) is 38.0 Å². The lowest BCUT2D eigenvalue weighted by Gasteiger charge is -2.31. The van der Waals surface area contributed by atoms with Crippen LogP contribution in [0.5, 0.6) is 0 Å². The molecule has 2 saturated heterocycles. The summed E-state index contributed by atoms with van der Waals surface area (Å²) in [7, 11) is 0.